The number of nitrogens with zero attached hydrogens (tertiary/aromatic N) is 3. The molecule has 0 radical (unpaired) electrons. The molecule has 0 N–H and O–H groups in total. The molecule has 3 amide bonds. The molecule has 186 valence electrons. The third-order valence-corrected chi connectivity index (χ3v) is 7.90. The van der Waals surface area contributed by atoms with Gasteiger partial charge in [-0.3, -0.25) is 19.3 Å². The molecule has 6 nitrogen and oxygen atoms in total. The van der Waals surface area contributed by atoms with Crippen LogP contribution in [0.15, 0.2) is 42.5 Å². The van der Waals surface area contributed by atoms with Gasteiger partial charge in [0.15, 0.2) is 5.54 Å². The number of amides is 3. The van der Waals surface area contributed by atoms with Crippen LogP contribution in [0.25, 0.3) is 0 Å². The predicted molar refractivity (Wildman–Crippen MR) is 124 cm³/mol. The lowest BCUT2D eigenvalue weighted by Gasteiger charge is -2.62. The zero-order chi connectivity index (χ0) is 25.9. The molecule has 1 atom stereocenters. The van der Waals surface area contributed by atoms with Crippen molar-refractivity contribution in [2.45, 2.75) is 30.7 Å². The molecule has 0 bridgehead atoms. The molecule has 2 aliphatic rings. The van der Waals surface area contributed by atoms with E-state index in [0.717, 1.165) is 23.1 Å². The van der Waals surface area contributed by atoms with Crippen LogP contribution in [0.2, 0.25) is 5.02 Å². The highest BCUT2D eigenvalue weighted by atomic mass is 35.5. The van der Waals surface area contributed by atoms with Gasteiger partial charge in [0, 0.05) is 27.4 Å². The number of hydrogen-bond acceptors (Lipinski definition) is 3. The van der Waals surface area contributed by atoms with Crippen LogP contribution in [-0.2, 0) is 25.7 Å². The van der Waals surface area contributed by atoms with E-state index < -0.39 is 46.6 Å². The van der Waals surface area contributed by atoms with Crippen LogP contribution in [0.4, 0.5) is 23.2 Å². The number of likely N-dealkylation sites (tertiary alicyclic amines) is 1. The van der Waals surface area contributed by atoms with Crippen molar-refractivity contribution in [1.82, 2.24) is 9.80 Å². The van der Waals surface area contributed by atoms with Gasteiger partial charge in [0.1, 0.15) is 12.4 Å². The molecule has 0 saturated carbocycles. The predicted octanol–water partition coefficient (Wildman–Crippen LogP) is 2.51. The van der Waals surface area contributed by atoms with E-state index in [-0.39, 0.29) is 39.9 Å². The number of piperazine rings is 1. The van der Waals surface area contributed by atoms with Crippen LogP contribution < -0.4 is 4.90 Å². The number of alkyl halides is 3. The Labute approximate surface area is 206 Å². The van der Waals surface area contributed by atoms with Gasteiger partial charge in [-0.1, -0.05) is 23.7 Å². The SMILES string of the molecule is CC(=O)N1CC2(C1)C(=O)N(c1ccc(Cl)cc1F)CC(=O)N2C(C)([SiH3])c1ccc(C(F)(F)F)cc1. The Kier molecular flexibility index (Phi) is 6.00. The number of hydrogen-bond donors (Lipinski definition) is 0. The number of carbonyl (C=O) groups is 3. The lowest BCUT2D eigenvalue weighted by atomic mass is 9.81. The van der Waals surface area contributed by atoms with E-state index in [1.807, 2.05) is 0 Å². The molecule has 2 aromatic carbocycles. The van der Waals surface area contributed by atoms with Gasteiger partial charge in [0.05, 0.1) is 24.3 Å². The fourth-order valence-electron chi connectivity index (χ4n) is 4.89. The highest BCUT2D eigenvalue weighted by molar-refractivity contribution is 6.30. The summed E-state index contributed by atoms with van der Waals surface area (Å²) >= 11 is 5.83. The summed E-state index contributed by atoms with van der Waals surface area (Å²) in [6.07, 6.45) is -4.52. The quantitative estimate of drug-likeness (QED) is 0.455. The molecule has 2 saturated heterocycles. The van der Waals surface area contributed by atoms with Crippen LogP contribution in [0.5, 0.6) is 0 Å². The number of halogens is 5. The highest BCUT2D eigenvalue weighted by Gasteiger charge is 2.63. The third-order valence-electron chi connectivity index (χ3n) is 6.64. The van der Waals surface area contributed by atoms with E-state index >= 15 is 0 Å². The molecule has 0 aliphatic carbocycles. The van der Waals surface area contributed by atoms with Crippen LogP contribution in [0, 0.1) is 5.82 Å². The van der Waals surface area contributed by atoms with Crippen LogP contribution in [0.3, 0.4) is 0 Å². The zero-order valence-corrected chi connectivity index (χ0v) is 21.9. The summed E-state index contributed by atoms with van der Waals surface area (Å²) in [5, 5.41) is -0.955. The van der Waals surface area contributed by atoms with Crippen molar-refractivity contribution >= 4 is 45.3 Å². The Bertz CT molecular complexity index is 1210. The molecule has 35 heavy (non-hydrogen) atoms. The van der Waals surface area contributed by atoms with E-state index in [4.69, 9.17) is 11.6 Å². The summed E-state index contributed by atoms with van der Waals surface area (Å²) in [7, 11) is 0.261. The van der Waals surface area contributed by atoms with Gasteiger partial charge in [-0.15, -0.1) is 0 Å². The van der Waals surface area contributed by atoms with Gasteiger partial charge in [-0.25, -0.2) is 4.39 Å². The summed E-state index contributed by atoms with van der Waals surface area (Å²) in [5.41, 5.74) is -1.99. The maximum Gasteiger partial charge on any atom is 0.416 e. The lowest BCUT2D eigenvalue weighted by Crippen LogP contribution is -2.84. The standard InChI is InChI=1S/C23H22ClF4N3O3Si/c1-13(32)29-11-22(12-29)20(34)30(18-8-7-16(24)9-17(18)25)10-19(33)31(22)21(2,35)14-3-5-15(6-4-14)23(26,27)28/h3-9H,10-12H2,1-2,35H3. The normalized spacial score (nSPS) is 19.7. The number of benzene rings is 2. The zero-order valence-electron chi connectivity index (χ0n) is 19.1. The summed E-state index contributed by atoms with van der Waals surface area (Å²) in [6.45, 7) is 2.36. The second kappa shape index (κ2) is 8.33. The summed E-state index contributed by atoms with van der Waals surface area (Å²) in [5.74, 6) is -2.14. The highest BCUT2D eigenvalue weighted by Crippen LogP contribution is 2.43. The Morgan fingerprint density at radius 1 is 1.06 bits per heavy atom. The first-order valence-electron chi connectivity index (χ1n) is 10.7. The molecule has 2 heterocycles. The van der Waals surface area contributed by atoms with E-state index in [2.05, 4.69) is 0 Å². The second-order valence-electron chi connectivity index (χ2n) is 9.26. The maximum absolute atomic E-state index is 14.7. The van der Waals surface area contributed by atoms with Gasteiger partial charge in [-0.2, -0.15) is 13.2 Å². The number of anilines is 1. The molecule has 1 unspecified atom stereocenters. The molecule has 2 fully saturated rings. The minimum atomic E-state index is -4.52. The third kappa shape index (κ3) is 4.10. The van der Waals surface area contributed by atoms with E-state index in [0.29, 0.717) is 5.56 Å². The lowest BCUT2D eigenvalue weighted by molar-refractivity contribution is -0.174. The Hall–Kier alpha value is -2.92. The summed E-state index contributed by atoms with van der Waals surface area (Å²) < 4.78 is 53.9. The number of rotatable bonds is 3. The molecule has 1 spiro atoms. The molecular formula is C23H22ClF4N3O3Si. The van der Waals surface area contributed by atoms with Crippen molar-refractivity contribution in [3.05, 3.63) is 64.4 Å². The van der Waals surface area contributed by atoms with Crippen LogP contribution in [0.1, 0.15) is 25.0 Å². The van der Waals surface area contributed by atoms with Crippen molar-refractivity contribution < 1.29 is 31.9 Å². The number of carbonyl (C=O) groups excluding carboxylic acids is 3. The maximum atomic E-state index is 14.7. The average molecular weight is 528 g/mol. The van der Waals surface area contributed by atoms with Gasteiger partial charge in [0.25, 0.3) is 5.91 Å². The topological polar surface area (TPSA) is 60.9 Å². The van der Waals surface area contributed by atoms with Crippen LogP contribution >= 0.6 is 11.6 Å². The minimum Gasteiger partial charge on any atom is -0.337 e. The smallest absolute Gasteiger partial charge is 0.337 e. The van der Waals surface area contributed by atoms with E-state index in [1.54, 1.807) is 6.92 Å². The van der Waals surface area contributed by atoms with Gasteiger partial charge >= 0.3 is 6.18 Å². The van der Waals surface area contributed by atoms with Crippen molar-refractivity contribution in [2.75, 3.05) is 24.5 Å². The Balaban J connectivity index is 1.77. The Morgan fingerprint density at radius 2 is 1.63 bits per heavy atom. The molecule has 12 heteroatoms. The monoisotopic (exact) mass is 527 g/mol. The first-order valence-corrected chi connectivity index (χ1v) is 12.1. The fourth-order valence-corrected chi connectivity index (χ4v) is 6.06. The molecular weight excluding hydrogens is 506 g/mol. The van der Waals surface area contributed by atoms with E-state index in [9.17, 15) is 31.9 Å². The molecule has 2 aliphatic heterocycles. The first kappa shape index (κ1) is 25.2. The van der Waals surface area contributed by atoms with Crippen molar-refractivity contribution in [3.63, 3.8) is 0 Å². The van der Waals surface area contributed by atoms with Crippen molar-refractivity contribution in [3.8, 4) is 0 Å². The van der Waals surface area contributed by atoms with E-state index in [1.165, 1.54) is 41.0 Å². The minimum absolute atomic E-state index is 0.100. The molecule has 2 aromatic rings. The Morgan fingerprint density at radius 3 is 2.14 bits per heavy atom. The van der Waals surface area contributed by atoms with Gasteiger partial charge in [-0.05, 0) is 42.8 Å². The summed E-state index contributed by atoms with van der Waals surface area (Å²) in [6, 6.07) is 8.22. The van der Waals surface area contributed by atoms with Crippen molar-refractivity contribution in [2.24, 2.45) is 0 Å². The largest absolute Gasteiger partial charge is 0.416 e. The van der Waals surface area contributed by atoms with Gasteiger partial charge in [0.2, 0.25) is 11.8 Å². The second-order valence-corrected chi connectivity index (χ2v) is 11.6. The molecule has 0 aromatic heterocycles. The van der Waals surface area contributed by atoms with Crippen molar-refractivity contribution in [1.29, 1.82) is 0 Å². The average Bonchev–Trinajstić information content (AvgIpc) is 2.72. The summed E-state index contributed by atoms with van der Waals surface area (Å²) in [4.78, 5) is 43.2. The van der Waals surface area contributed by atoms with Gasteiger partial charge < -0.3 is 9.80 Å². The first-order chi connectivity index (χ1) is 16.2. The fraction of sp³-hybridized carbons (Fsp3) is 0.348. The molecule has 4 rings (SSSR count). The van der Waals surface area contributed by atoms with Crippen LogP contribution in [-0.4, -0.2) is 62.9 Å².